The monoisotopic (exact) mass is 338 g/mol. The molecule has 0 fully saturated rings. The topological polar surface area (TPSA) is 71.3 Å². The molecule has 0 saturated heterocycles. The maximum absolute atomic E-state index is 13.7. The number of rotatable bonds is 6. The largest absolute Gasteiger partial charge is 0.365 e. The zero-order chi connectivity index (χ0) is 17.0. The molecule has 0 radical (unpaired) electrons. The van der Waals surface area contributed by atoms with Crippen LogP contribution in [0.2, 0.25) is 5.02 Å². The van der Waals surface area contributed by atoms with E-state index < -0.39 is 4.92 Å². The molecule has 1 heterocycles. The fourth-order valence-electron chi connectivity index (χ4n) is 2.04. The highest BCUT2D eigenvalue weighted by atomic mass is 35.5. The number of benzene rings is 1. The summed E-state index contributed by atoms with van der Waals surface area (Å²) in [6.07, 6.45) is 1.14. The summed E-state index contributed by atoms with van der Waals surface area (Å²) >= 11 is 5.97. The van der Waals surface area contributed by atoms with Crippen molar-refractivity contribution in [1.29, 1.82) is 0 Å². The van der Waals surface area contributed by atoms with Gasteiger partial charge in [-0.25, -0.2) is 9.37 Å². The summed E-state index contributed by atoms with van der Waals surface area (Å²) in [5, 5.41) is 13.8. The Labute approximate surface area is 138 Å². The van der Waals surface area contributed by atoms with Crippen molar-refractivity contribution < 1.29 is 9.31 Å². The summed E-state index contributed by atoms with van der Waals surface area (Å²) in [5.41, 5.74) is 1.28. The van der Waals surface area contributed by atoms with Crippen LogP contribution >= 0.6 is 11.6 Å². The van der Waals surface area contributed by atoms with Gasteiger partial charge < -0.3 is 10.2 Å². The Hall–Kier alpha value is -2.25. The average Bonchev–Trinajstić information content (AvgIpc) is 2.48. The van der Waals surface area contributed by atoms with E-state index in [9.17, 15) is 14.5 Å². The molecule has 1 aromatic carbocycles. The van der Waals surface area contributed by atoms with Crippen molar-refractivity contribution in [3.05, 3.63) is 62.5 Å². The smallest absolute Gasteiger partial charge is 0.289 e. The molecule has 0 aliphatic carbocycles. The molecule has 23 heavy (non-hydrogen) atoms. The van der Waals surface area contributed by atoms with Gasteiger partial charge in [0.25, 0.3) is 5.69 Å². The van der Waals surface area contributed by atoms with E-state index in [-0.39, 0.29) is 16.5 Å². The Bertz CT molecular complexity index is 725. The van der Waals surface area contributed by atoms with E-state index in [1.807, 2.05) is 19.0 Å². The van der Waals surface area contributed by atoms with Gasteiger partial charge in [-0.3, -0.25) is 10.1 Å². The molecular weight excluding hydrogens is 323 g/mol. The molecule has 0 spiro atoms. The summed E-state index contributed by atoms with van der Waals surface area (Å²) in [7, 11) is 3.73. The second kappa shape index (κ2) is 7.34. The van der Waals surface area contributed by atoms with Gasteiger partial charge in [-0.2, -0.15) is 0 Å². The lowest BCUT2D eigenvalue weighted by molar-refractivity contribution is -0.385. The van der Waals surface area contributed by atoms with Crippen LogP contribution in [0.25, 0.3) is 0 Å². The molecule has 0 amide bonds. The van der Waals surface area contributed by atoms with Crippen LogP contribution in [0.5, 0.6) is 0 Å². The number of aromatic nitrogens is 1. The van der Waals surface area contributed by atoms with Crippen LogP contribution in [-0.4, -0.2) is 28.9 Å². The minimum atomic E-state index is -0.559. The molecule has 8 heteroatoms. The van der Waals surface area contributed by atoms with Crippen LogP contribution in [0.15, 0.2) is 30.5 Å². The highest BCUT2D eigenvalue weighted by Gasteiger charge is 2.11. The van der Waals surface area contributed by atoms with E-state index in [1.165, 1.54) is 12.1 Å². The SMILES string of the molecule is CN(C)Cc1cc(CNc2ncc([N+](=O)[O-])cc2Cl)ccc1F. The Morgan fingerprint density at radius 1 is 1.39 bits per heavy atom. The van der Waals surface area contributed by atoms with Gasteiger partial charge in [0.1, 0.15) is 17.8 Å². The third-order valence-corrected chi connectivity index (χ3v) is 3.38. The number of halogens is 2. The van der Waals surface area contributed by atoms with Crippen molar-refractivity contribution in [2.45, 2.75) is 13.1 Å². The summed E-state index contributed by atoms with van der Waals surface area (Å²) < 4.78 is 13.7. The number of hydrogen-bond acceptors (Lipinski definition) is 5. The molecule has 1 aromatic heterocycles. The van der Waals surface area contributed by atoms with Crippen molar-refractivity contribution in [2.75, 3.05) is 19.4 Å². The number of nitrogens with zero attached hydrogens (tertiary/aromatic N) is 3. The van der Waals surface area contributed by atoms with E-state index in [2.05, 4.69) is 10.3 Å². The number of nitrogens with one attached hydrogen (secondary N) is 1. The van der Waals surface area contributed by atoms with E-state index in [0.717, 1.165) is 11.8 Å². The number of hydrogen-bond donors (Lipinski definition) is 1. The molecule has 2 rings (SSSR count). The Morgan fingerprint density at radius 2 is 2.13 bits per heavy atom. The van der Waals surface area contributed by atoms with Gasteiger partial charge >= 0.3 is 0 Å². The maximum atomic E-state index is 13.7. The van der Waals surface area contributed by atoms with Crippen molar-refractivity contribution in [3.63, 3.8) is 0 Å². The van der Waals surface area contributed by atoms with E-state index >= 15 is 0 Å². The van der Waals surface area contributed by atoms with Gasteiger partial charge in [-0.1, -0.05) is 17.7 Å². The second-order valence-corrected chi connectivity index (χ2v) is 5.71. The Morgan fingerprint density at radius 3 is 2.74 bits per heavy atom. The number of nitro groups is 1. The van der Waals surface area contributed by atoms with Crippen LogP contribution in [0.3, 0.4) is 0 Å². The van der Waals surface area contributed by atoms with Crippen LogP contribution in [-0.2, 0) is 13.1 Å². The molecular formula is C15H16ClFN4O2. The van der Waals surface area contributed by atoms with Gasteiger partial charge in [0.05, 0.1) is 9.95 Å². The number of pyridine rings is 1. The minimum absolute atomic E-state index is 0.162. The minimum Gasteiger partial charge on any atom is -0.365 e. The third kappa shape index (κ3) is 4.61. The zero-order valence-electron chi connectivity index (χ0n) is 12.7. The van der Waals surface area contributed by atoms with Crippen molar-refractivity contribution in [3.8, 4) is 0 Å². The highest BCUT2D eigenvalue weighted by Crippen LogP contribution is 2.24. The first-order chi connectivity index (χ1) is 10.9. The van der Waals surface area contributed by atoms with Crippen LogP contribution in [0.4, 0.5) is 15.9 Å². The fraction of sp³-hybridized carbons (Fsp3) is 0.267. The van der Waals surface area contributed by atoms with Crippen LogP contribution in [0.1, 0.15) is 11.1 Å². The Balaban J connectivity index is 2.10. The first-order valence-corrected chi connectivity index (χ1v) is 7.20. The first-order valence-electron chi connectivity index (χ1n) is 6.82. The quantitative estimate of drug-likeness (QED) is 0.645. The molecule has 0 atom stereocenters. The molecule has 0 saturated carbocycles. The molecule has 0 unspecified atom stereocenters. The first kappa shape index (κ1) is 17.1. The van der Waals surface area contributed by atoms with E-state index in [1.54, 1.807) is 12.1 Å². The lowest BCUT2D eigenvalue weighted by Crippen LogP contribution is -2.12. The van der Waals surface area contributed by atoms with Crippen molar-refractivity contribution in [1.82, 2.24) is 9.88 Å². The van der Waals surface area contributed by atoms with Gasteiger partial charge in [0.15, 0.2) is 0 Å². The molecule has 122 valence electrons. The predicted octanol–water partition coefficient (Wildman–Crippen LogP) is 3.46. The fourth-order valence-corrected chi connectivity index (χ4v) is 2.27. The average molecular weight is 339 g/mol. The summed E-state index contributed by atoms with van der Waals surface area (Å²) in [6.45, 7) is 0.876. The summed E-state index contributed by atoms with van der Waals surface area (Å²) in [5.74, 6) is 0.0877. The lowest BCUT2D eigenvalue weighted by Gasteiger charge is -2.13. The highest BCUT2D eigenvalue weighted by molar-refractivity contribution is 6.33. The molecule has 0 bridgehead atoms. The standard InChI is InChI=1S/C15H16ClFN4O2/c1-20(2)9-11-5-10(3-4-14(11)17)7-18-15-13(16)6-12(8-19-15)21(22)23/h3-6,8H,7,9H2,1-2H3,(H,18,19). The summed E-state index contributed by atoms with van der Waals surface area (Å²) in [4.78, 5) is 15.9. The molecule has 0 aliphatic heterocycles. The van der Waals surface area contributed by atoms with E-state index in [0.29, 0.717) is 24.5 Å². The second-order valence-electron chi connectivity index (χ2n) is 5.30. The predicted molar refractivity (Wildman–Crippen MR) is 87.0 cm³/mol. The maximum Gasteiger partial charge on any atom is 0.289 e. The van der Waals surface area contributed by atoms with Gasteiger partial charge in [-0.15, -0.1) is 0 Å². The van der Waals surface area contributed by atoms with Crippen LogP contribution in [0, 0.1) is 15.9 Å². The molecule has 6 nitrogen and oxygen atoms in total. The molecule has 1 N–H and O–H groups in total. The summed E-state index contributed by atoms with van der Waals surface area (Å²) in [6, 6.07) is 6.09. The zero-order valence-corrected chi connectivity index (χ0v) is 13.5. The normalized spacial score (nSPS) is 10.8. The molecule has 2 aromatic rings. The van der Waals surface area contributed by atoms with Gasteiger partial charge in [-0.05, 0) is 31.8 Å². The van der Waals surface area contributed by atoms with Crippen molar-refractivity contribution >= 4 is 23.1 Å². The molecule has 0 aliphatic rings. The Kier molecular flexibility index (Phi) is 5.46. The van der Waals surface area contributed by atoms with Crippen LogP contribution < -0.4 is 5.32 Å². The third-order valence-electron chi connectivity index (χ3n) is 3.09. The van der Waals surface area contributed by atoms with Crippen molar-refractivity contribution in [2.24, 2.45) is 0 Å². The van der Waals surface area contributed by atoms with Gasteiger partial charge in [0, 0.05) is 24.7 Å². The lowest BCUT2D eigenvalue weighted by atomic mass is 10.1. The number of anilines is 1. The van der Waals surface area contributed by atoms with E-state index in [4.69, 9.17) is 11.6 Å². The van der Waals surface area contributed by atoms with Gasteiger partial charge in [0.2, 0.25) is 0 Å².